The van der Waals surface area contributed by atoms with Gasteiger partial charge in [-0.3, -0.25) is 19.4 Å². The second-order valence-electron chi connectivity index (χ2n) is 15.1. The van der Waals surface area contributed by atoms with Crippen molar-refractivity contribution in [2.45, 2.75) is 105 Å². The molecule has 256 valence electrons. The molecule has 3 heterocycles. The van der Waals surface area contributed by atoms with Crippen LogP contribution in [0, 0.1) is 35.0 Å². The summed E-state index contributed by atoms with van der Waals surface area (Å²) in [6.45, 7) is 19.0. The van der Waals surface area contributed by atoms with Gasteiger partial charge in [0.1, 0.15) is 23.6 Å². The average Bonchev–Trinajstić information content (AvgIpc) is 3.33. The van der Waals surface area contributed by atoms with Crippen molar-refractivity contribution < 1.29 is 33.4 Å². The minimum atomic E-state index is -1.30. The largest absolute Gasteiger partial charge is 0.458 e. The Bertz CT molecular complexity index is 1530. The van der Waals surface area contributed by atoms with Crippen LogP contribution in [-0.2, 0) is 28.6 Å². The lowest BCUT2D eigenvalue weighted by Gasteiger charge is -2.49. The molecule has 2 aliphatic heterocycles. The summed E-state index contributed by atoms with van der Waals surface area (Å²) in [5.74, 6) is -4.17. The third-order valence-electron chi connectivity index (χ3n) is 10.4. The molecule has 2 aliphatic rings. The number of hydrogen-bond acceptors (Lipinski definition) is 8. The second-order valence-corrected chi connectivity index (χ2v) is 15.1. The smallest absolute Gasteiger partial charge is 0.408 e. The van der Waals surface area contributed by atoms with E-state index in [1.807, 2.05) is 70.3 Å². The highest BCUT2D eigenvalue weighted by Crippen LogP contribution is 2.47. The molecular weight excluding hydrogens is 596 g/mol. The highest BCUT2D eigenvalue weighted by Gasteiger charge is 2.57. The Morgan fingerprint density at radius 2 is 1.70 bits per heavy atom. The van der Waals surface area contributed by atoms with E-state index in [1.165, 1.54) is 0 Å². The van der Waals surface area contributed by atoms with Crippen LogP contribution < -0.4 is 5.32 Å². The Morgan fingerprint density at radius 3 is 2.36 bits per heavy atom. The van der Waals surface area contributed by atoms with Gasteiger partial charge in [-0.2, -0.15) is 0 Å². The number of nitrogens with zero attached hydrogens (tertiary/aromatic N) is 1. The van der Waals surface area contributed by atoms with E-state index < -0.39 is 64.5 Å². The normalized spacial score (nSPS) is 34.5. The van der Waals surface area contributed by atoms with Crippen molar-refractivity contribution in [1.29, 1.82) is 0 Å². The molecule has 1 aromatic heterocycles. The molecule has 0 spiro atoms. The number of carbonyl (C=O) groups excluding carboxylic acids is 4. The van der Waals surface area contributed by atoms with Crippen LogP contribution in [0.2, 0.25) is 0 Å². The van der Waals surface area contributed by atoms with Crippen LogP contribution in [0.5, 0.6) is 0 Å². The number of aromatic nitrogens is 1. The zero-order valence-corrected chi connectivity index (χ0v) is 29.6. The van der Waals surface area contributed by atoms with Crippen molar-refractivity contribution in [3.63, 3.8) is 0 Å². The van der Waals surface area contributed by atoms with Crippen molar-refractivity contribution in [2.75, 3.05) is 6.61 Å². The first-order valence-corrected chi connectivity index (χ1v) is 16.9. The standard InChI is InChI=1S/C38H52N2O7/c1-11-29-38(10)33(40-35(44)47-38)24(4)30(41)22(2)20-37(9,32(36(6,7)8)23(3)31(42)25(5)34(43)46-29)45-18-14-15-26-19-27-16-12-13-17-28(27)39-21-26/h12-17,19,21-25,29,32-33H,11,18,20H2,1-10H3,(H,40,44)/b15-14+/t22-,23+,24+,25-,29-,32?,33-,37-,38-/m1/s1. The number of ketones is 2. The quantitative estimate of drug-likeness (QED) is 0.273. The molecule has 1 amide bonds. The number of ether oxygens (including phenoxy) is 3. The number of alkyl carbamates (subject to hydrolysis) is 1. The number of carbonyl (C=O) groups is 4. The number of pyridine rings is 1. The minimum absolute atomic E-state index is 0.0714. The number of benzene rings is 1. The lowest BCUT2D eigenvalue weighted by molar-refractivity contribution is -0.174. The molecule has 1 N–H and O–H groups in total. The number of Topliss-reactive ketones (excluding diaryl/α,β-unsaturated/α-hetero) is 2. The Balaban J connectivity index is 1.73. The third kappa shape index (κ3) is 7.45. The fourth-order valence-electron chi connectivity index (χ4n) is 8.37. The summed E-state index contributed by atoms with van der Waals surface area (Å²) < 4.78 is 18.4. The molecule has 0 saturated carbocycles. The van der Waals surface area contributed by atoms with Gasteiger partial charge >= 0.3 is 12.1 Å². The molecule has 9 heteroatoms. The van der Waals surface area contributed by atoms with Crippen LogP contribution >= 0.6 is 0 Å². The van der Waals surface area contributed by atoms with Crippen LogP contribution in [0.15, 0.2) is 42.6 Å². The van der Waals surface area contributed by atoms with Crippen molar-refractivity contribution in [3.8, 4) is 0 Å². The van der Waals surface area contributed by atoms with Crippen molar-refractivity contribution >= 4 is 40.6 Å². The first kappa shape index (κ1) is 36.2. The lowest BCUT2D eigenvalue weighted by atomic mass is 9.61. The molecule has 1 unspecified atom stereocenters. The Hall–Kier alpha value is -3.59. The fraction of sp³-hybridized carbons (Fsp3) is 0.605. The molecule has 2 fully saturated rings. The molecule has 9 atom stereocenters. The van der Waals surface area contributed by atoms with Gasteiger partial charge in [-0.1, -0.05) is 78.8 Å². The van der Waals surface area contributed by atoms with Gasteiger partial charge in [0, 0.05) is 35.3 Å². The molecule has 1 aromatic carbocycles. The number of rotatable bonds is 5. The van der Waals surface area contributed by atoms with Crippen LogP contribution in [-0.4, -0.2) is 58.6 Å². The molecule has 0 aliphatic carbocycles. The first-order valence-electron chi connectivity index (χ1n) is 16.9. The third-order valence-corrected chi connectivity index (χ3v) is 10.4. The summed E-state index contributed by atoms with van der Waals surface area (Å²) >= 11 is 0. The zero-order valence-electron chi connectivity index (χ0n) is 29.6. The number of nitrogens with one attached hydrogen (secondary N) is 1. The van der Waals surface area contributed by atoms with E-state index in [0.29, 0.717) is 12.8 Å². The predicted octanol–water partition coefficient (Wildman–Crippen LogP) is 6.96. The van der Waals surface area contributed by atoms with Gasteiger partial charge in [0.25, 0.3) is 0 Å². The van der Waals surface area contributed by atoms with Gasteiger partial charge in [-0.25, -0.2) is 4.79 Å². The van der Waals surface area contributed by atoms with Gasteiger partial charge in [0.2, 0.25) is 0 Å². The van der Waals surface area contributed by atoms with E-state index in [0.717, 1.165) is 16.5 Å². The molecular formula is C38H52N2O7. The van der Waals surface area contributed by atoms with Crippen LogP contribution in [0.1, 0.15) is 87.6 Å². The molecule has 2 aromatic rings. The maximum atomic E-state index is 14.2. The molecule has 47 heavy (non-hydrogen) atoms. The van der Waals surface area contributed by atoms with Gasteiger partial charge in [0.15, 0.2) is 5.60 Å². The highest BCUT2D eigenvalue weighted by atomic mass is 16.6. The van der Waals surface area contributed by atoms with Crippen molar-refractivity contribution in [2.24, 2.45) is 35.0 Å². The number of esters is 1. The van der Waals surface area contributed by atoms with E-state index in [-0.39, 0.29) is 24.1 Å². The Morgan fingerprint density at radius 1 is 1.02 bits per heavy atom. The molecule has 2 saturated heterocycles. The predicted molar refractivity (Wildman–Crippen MR) is 181 cm³/mol. The number of para-hydroxylation sites is 1. The summed E-state index contributed by atoms with van der Waals surface area (Å²) in [6.07, 6.45) is 4.83. The van der Waals surface area contributed by atoms with E-state index in [1.54, 1.807) is 20.8 Å². The summed E-state index contributed by atoms with van der Waals surface area (Å²) in [6, 6.07) is 9.24. The van der Waals surface area contributed by atoms with Crippen LogP contribution in [0.4, 0.5) is 4.79 Å². The number of hydrogen-bond donors (Lipinski definition) is 1. The minimum Gasteiger partial charge on any atom is -0.458 e. The maximum Gasteiger partial charge on any atom is 0.408 e. The number of cyclic esters (lactones) is 1. The monoisotopic (exact) mass is 648 g/mol. The Kier molecular flexibility index (Phi) is 10.7. The van der Waals surface area contributed by atoms with Crippen LogP contribution in [0.25, 0.3) is 17.0 Å². The van der Waals surface area contributed by atoms with Gasteiger partial charge in [0.05, 0.1) is 23.8 Å². The highest BCUT2D eigenvalue weighted by molar-refractivity contribution is 6.00. The molecule has 0 bridgehead atoms. The molecule has 0 radical (unpaired) electrons. The van der Waals surface area contributed by atoms with E-state index in [9.17, 15) is 19.2 Å². The topological polar surface area (TPSA) is 121 Å². The first-order chi connectivity index (χ1) is 21.9. The van der Waals surface area contributed by atoms with Gasteiger partial charge in [-0.05, 0) is 56.7 Å². The van der Waals surface area contributed by atoms with E-state index in [4.69, 9.17) is 14.2 Å². The second kappa shape index (κ2) is 13.9. The summed E-state index contributed by atoms with van der Waals surface area (Å²) in [7, 11) is 0. The average molecular weight is 649 g/mol. The SMILES string of the molecule is CC[C@H]1OC(=O)[C@H](C)C(=O)[C@H](C)C(C(C)(C)C)[C@](C)(OC/C=C/c2cnc3ccccc3c2)C[C@@H](C)C(=O)[C@H](C)[C@H]2NC(=O)O[C@@]21C. The van der Waals surface area contributed by atoms with E-state index in [2.05, 4.69) is 37.1 Å². The molecule has 9 nitrogen and oxygen atoms in total. The summed E-state index contributed by atoms with van der Waals surface area (Å²) in [5, 5.41) is 3.85. The summed E-state index contributed by atoms with van der Waals surface area (Å²) in [4.78, 5) is 59.0. The van der Waals surface area contributed by atoms with Gasteiger partial charge < -0.3 is 19.5 Å². The molecule has 4 rings (SSSR count). The van der Waals surface area contributed by atoms with Crippen molar-refractivity contribution in [3.05, 3.63) is 48.2 Å². The van der Waals surface area contributed by atoms with Crippen molar-refractivity contribution in [1.82, 2.24) is 10.3 Å². The van der Waals surface area contributed by atoms with Crippen LogP contribution in [0.3, 0.4) is 0 Å². The zero-order chi connectivity index (χ0) is 34.9. The fourth-order valence-corrected chi connectivity index (χ4v) is 8.37. The summed E-state index contributed by atoms with van der Waals surface area (Å²) in [5.41, 5.74) is -0.849. The maximum absolute atomic E-state index is 14.2. The van der Waals surface area contributed by atoms with E-state index >= 15 is 0 Å². The number of fused-ring (bicyclic) bond motifs is 2. The number of amides is 1. The Labute approximate surface area is 279 Å². The lowest BCUT2D eigenvalue weighted by Crippen LogP contribution is -2.58. The van der Waals surface area contributed by atoms with Gasteiger partial charge in [-0.15, -0.1) is 0 Å².